The minimum absolute atomic E-state index is 0.0210. The molecule has 1 aromatic carbocycles. The Morgan fingerprint density at radius 3 is 2.08 bits per heavy atom. The van der Waals surface area contributed by atoms with Crippen LogP contribution >= 0.6 is 0 Å². The summed E-state index contributed by atoms with van der Waals surface area (Å²) in [6.45, 7) is 3.66. The van der Waals surface area contributed by atoms with Crippen LogP contribution in [0, 0.1) is 5.92 Å². The highest BCUT2D eigenvalue weighted by atomic mass is 16.3. The van der Waals surface area contributed by atoms with Crippen LogP contribution in [-0.2, 0) is 4.79 Å². The maximum absolute atomic E-state index is 12.8. The van der Waals surface area contributed by atoms with Crippen LogP contribution in [0.2, 0.25) is 0 Å². The summed E-state index contributed by atoms with van der Waals surface area (Å²) in [5, 5.41) is 12.6. The second-order valence-electron chi connectivity index (χ2n) is 7.23. The zero-order chi connectivity index (χ0) is 18.1. The molecular weight excluding hydrogens is 320 g/mol. The van der Waals surface area contributed by atoms with Crippen LogP contribution in [0.5, 0.6) is 0 Å². The van der Waals surface area contributed by atoms with Gasteiger partial charge in [0.15, 0.2) is 0 Å². The number of nitrogens with zero attached hydrogens (tertiary/aromatic N) is 1. The molecule has 0 bridgehead atoms. The first-order chi connectivity index (χ1) is 11.9. The number of carbonyl (C=O) groups excluding carboxylic acids is 3. The van der Waals surface area contributed by atoms with E-state index < -0.39 is 17.9 Å². The van der Waals surface area contributed by atoms with Gasteiger partial charge in [-0.2, -0.15) is 0 Å². The molecule has 0 radical (unpaired) electrons. The number of amides is 3. The first-order valence-corrected chi connectivity index (χ1v) is 8.85. The van der Waals surface area contributed by atoms with Gasteiger partial charge in [0.05, 0.1) is 17.2 Å². The molecule has 1 fully saturated rings. The molecule has 1 unspecified atom stereocenters. The zero-order valence-corrected chi connectivity index (χ0v) is 14.6. The lowest BCUT2D eigenvalue weighted by molar-refractivity contribution is -0.127. The van der Waals surface area contributed by atoms with Gasteiger partial charge in [-0.1, -0.05) is 26.0 Å². The van der Waals surface area contributed by atoms with Gasteiger partial charge in [0, 0.05) is 6.04 Å². The number of imide groups is 1. The highest BCUT2D eigenvalue weighted by molar-refractivity contribution is 6.22. The fraction of sp³-hybridized carbons (Fsp3) is 0.526. The van der Waals surface area contributed by atoms with Crippen LogP contribution in [0.4, 0.5) is 0 Å². The largest absolute Gasteiger partial charge is 0.393 e. The van der Waals surface area contributed by atoms with Crippen molar-refractivity contribution in [2.75, 3.05) is 0 Å². The number of aliphatic hydroxyl groups excluding tert-OH is 1. The molecule has 134 valence electrons. The number of fused-ring (bicyclic) bond motifs is 1. The molecule has 0 spiro atoms. The highest BCUT2D eigenvalue weighted by Gasteiger charge is 2.44. The van der Waals surface area contributed by atoms with Crippen LogP contribution in [0.3, 0.4) is 0 Å². The minimum atomic E-state index is -0.834. The van der Waals surface area contributed by atoms with Crippen molar-refractivity contribution < 1.29 is 19.5 Å². The van der Waals surface area contributed by atoms with E-state index in [4.69, 9.17) is 0 Å². The van der Waals surface area contributed by atoms with Gasteiger partial charge >= 0.3 is 0 Å². The number of carbonyl (C=O) groups is 3. The summed E-state index contributed by atoms with van der Waals surface area (Å²) in [4.78, 5) is 39.3. The maximum atomic E-state index is 12.8. The van der Waals surface area contributed by atoms with Crippen LogP contribution in [0.25, 0.3) is 0 Å². The summed E-state index contributed by atoms with van der Waals surface area (Å²) >= 11 is 0. The van der Waals surface area contributed by atoms with Crippen LogP contribution < -0.4 is 5.32 Å². The molecule has 2 aliphatic rings. The van der Waals surface area contributed by atoms with Crippen LogP contribution in [-0.4, -0.2) is 45.9 Å². The molecule has 1 aromatic rings. The first-order valence-electron chi connectivity index (χ1n) is 8.85. The van der Waals surface area contributed by atoms with E-state index >= 15 is 0 Å². The quantitative estimate of drug-likeness (QED) is 0.815. The Balaban J connectivity index is 1.79. The molecule has 1 aliphatic carbocycles. The van der Waals surface area contributed by atoms with E-state index in [2.05, 4.69) is 5.32 Å². The molecule has 2 N–H and O–H groups in total. The molecule has 3 amide bonds. The lowest BCUT2D eigenvalue weighted by atomic mass is 9.92. The van der Waals surface area contributed by atoms with Gasteiger partial charge in [-0.15, -0.1) is 0 Å². The van der Waals surface area contributed by atoms with Crippen molar-refractivity contribution in [3.63, 3.8) is 0 Å². The Kier molecular flexibility index (Phi) is 4.90. The van der Waals surface area contributed by atoms with Crippen molar-refractivity contribution in [3.8, 4) is 0 Å². The Labute approximate surface area is 147 Å². The molecule has 3 rings (SSSR count). The number of benzene rings is 1. The van der Waals surface area contributed by atoms with E-state index in [1.54, 1.807) is 24.3 Å². The number of nitrogens with one attached hydrogen (secondary N) is 1. The molecule has 25 heavy (non-hydrogen) atoms. The van der Waals surface area contributed by atoms with Crippen molar-refractivity contribution in [2.45, 2.75) is 57.7 Å². The number of aliphatic hydroxyl groups is 1. The van der Waals surface area contributed by atoms with Gasteiger partial charge in [0.1, 0.15) is 6.04 Å². The SMILES string of the molecule is CC(C)C(C(=O)NC1CCC(O)CC1)N1C(=O)c2ccccc2C1=O. The summed E-state index contributed by atoms with van der Waals surface area (Å²) in [5.41, 5.74) is 0.707. The molecule has 1 atom stereocenters. The molecule has 1 heterocycles. The summed E-state index contributed by atoms with van der Waals surface area (Å²) < 4.78 is 0. The molecule has 1 aliphatic heterocycles. The van der Waals surface area contributed by atoms with Crippen molar-refractivity contribution >= 4 is 17.7 Å². The summed E-state index contributed by atoms with van der Waals surface area (Å²) in [7, 11) is 0. The topological polar surface area (TPSA) is 86.7 Å². The van der Waals surface area contributed by atoms with Crippen molar-refractivity contribution in [2.24, 2.45) is 5.92 Å². The molecule has 1 saturated carbocycles. The number of hydrogen-bond donors (Lipinski definition) is 2. The molecule has 0 saturated heterocycles. The van der Waals surface area contributed by atoms with E-state index in [9.17, 15) is 19.5 Å². The van der Waals surface area contributed by atoms with E-state index in [0.717, 1.165) is 4.90 Å². The normalized spacial score (nSPS) is 24.4. The minimum Gasteiger partial charge on any atom is -0.393 e. The van der Waals surface area contributed by atoms with E-state index in [0.29, 0.717) is 36.8 Å². The third-order valence-electron chi connectivity index (χ3n) is 5.05. The second kappa shape index (κ2) is 6.96. The van der Waals surface area contributed by atoms with Gasteiger partial charge < -0.3 is 10.4 Å². The summed E-state index contributed by atoms with van der Waals surface area (Å²) in [6, 6.07) is 5.81. The van der Waals surface area contributed by atoms with Gasteiger partial charge in [-0.25, -0.2) is 0 Å². The standard InChI is InChI=1S/C19H24N2O4/c1-11(2)16(17(23)20-12-7-9-13(22)10-8-12)21-18(24)14-5-3-4-6-15(14)19(21)25/h3-6,11-13,16,22H,7-10H2,1-2H3,(H,20,23). The molecular formula is C19H24N2O4. The van der Waals surface area contributed by atoms with E-state index in [1.165, 1.54) is 0 Å². The Bertz CT molecular complexity index is 657. The summed E-state index contributed by atoms with van der Waals surface area (Å²) in [6.07, 6.45) is 2.43. The highest BCUT2D eigenvalue weighted by Crippen LogP contribution is 2.27. The van der Waals surface area contributed by atoms with E-state index in [1.807, 2.05) is 13.8 Å². The first kappa shape index (κ1) is 17.6. The monoisotopic (exact) mass is 344 g/mol. The molecule has 0 aromatic heterocycles. The van der Waals surface area contributed by atoms with Gasteiger partial charge in [-0.05, 0) is 43.7 Å². The third kappa shape index (κ3) is 3.31. The fourth-order valence-electron chi connectivity index (χ4n) is 3.69. The van der Waals surface area contributed by atoms with Crippen LogP contribution in [0.15, 0.2) is 24.3 Å². The fourth-order valence-corrected chi connectivity index (χ4v) is 3.69. The Morgan fingerprint density at radius 2 is 1.60 bits per heavy atom. The Morgan fingerprint density at radius 1 is 1.08 bits per heavy atom. The zero-order valence-electron chi connectivity index (χ0n) is 14.6. The third-order valence-corrected chi connectivity index (χ3v) is 5.05. The predicted octanol–water partition coefficient (Wildman–Crippen LogP) is 1.73. The van der Waals surface area contributed by atoms with Gasteiger partial charge in [-0.3, -0.25) is 19.3 Å². The Hall–Kier alpha value is -2.21. The van der Waals surface area contributed by atoms with Crippen molar-refractivity contribution in [3.05, 3.63) is 35.4 Å². The van der Waals surface area contributed by atoms with Crippen molar-refractivity contribution in [1.82, 2.24) is 10.2 Å². The second-order valence-corrected chi connectivity index (χ2v) is 7.23. The van der Waals surface area contributed by atoms with Gasteiger partial charge in [0.25, 0.3) is 11.8 Å². The molecule has 6 heteroatoms. The smallest absolute Gasteiger partial charge is 0.262 e. The average Bonchev–Trinajstić information content (AvgIpc) is 2.83. The summed E-state index contributed by atoms with van der Waals surface area (Å²) in [5.74, 6) is -1.32. The maximum Gasteiger partial charge on any atom is 0.262 e. The van der Waals surface area contributed by atoms with Gasteiger partial charge in [0.2, 0.25) is 5.91 Å². The lowest BCUT2D eigenvalue weighted by Gasteiger charge is -2.32. The average molecular weight is 344 g/mol. The lowest BCUT2D eigenvalue weighted by Crippen LogP contribution is -2.54. The molecule has 6 nitrogen and oxygen atoms in total. The predicted molar refractivity (Wildman–Crippen MR) is 92.0 cm³/mol. The number of rotatable bonds is 4. The van der Waals surface area contributed by atoms with Crippen LogP contribution in [0.1, 0.15) is 60.2 Å². The van der Waals surface area contributed by atoms with Crippen molar-refractivity contribution in [1.29, 1.82) is 0 Å². The van der Waals surface area contributed by atoms with E-state index in [-0.39, 0.29) is 24.0 Å². The number of hydrogen-bond acceptors (Lipinski definition) is 4.